The van der Waals surface area contributed by atoms with E-state index in [4.69, 9.17) is 0 Å². The number of amides is 2. The van der Waals surface area contributed by atoms with Crippen LogP contribution in [0.4, 0.5) is 4.79 Å². The summed E-state index contributed by atoms with van der Waals surface area (Å²) in [6.45, 7) is 3.14. The van der Waals surface area contributed by atoms with E-state index >= 15 is 0 Å². The predicted molar refractivity (Wildman–Crippen MR) is 59.8 cm³/mol. The van der Waals surface area contributed by atoms with Crippen LogP contribution in [0.1, 0.15) is 32.1 Å². The fraction of sp³-hybridized carbons (Fsp3) is 0.909. The molecule has 15 heavy (non-hydrogen) atoms. The second-order valence-electron chi connectivity index (χ2n) is 4.68. The molecule has 4 heteroatoms. The summed E-state index contributed by atoms with van der Waals surface area (Å²) < 4.78 is 0. The van der Waals surface area contributed by atoms with Crippen LogP contribution in [-0.4, -0.2) is 31.7 Å². The Bertz CT molecular complexity index is 210. The lowest BCUT2D eigenvalue weighted by Crippen LogP contribution is -2.37. The lowest BCUT2D eigenvalue weighted by molar-refractivity contribution is 0.240. The summed E-state index contributed by atoms with van der Waals surface area (Å²) >= 11 is 0. The van der Waals surface area contributed by atoms with E-state index in [0.29, 0.717) is 6.04 Å². The first-order chi connectivity index (χ1) is 7.34. The van der Waals surface area contributed by atoms with Crippen LogP contribution < -0.4 is 16.0 Å². The lowest BCUT2D eigenvalue weighted by Gasteiger charge is -2.09. The van der Waals surface area contributed by atoms with Crippen molar-refractivity contribution in [3.8, 4) is 0 Å². The van der Waals surface area contributed by atoms with E-state index in [9.17, 15) is 4.79 Å². The van der Waals surface area contributed by atoms with E-state index in [1.807, 2.05) is 0 Å². The zero-order valence-electron chi connectivity index (χ0n) is 9.22. The smallest absolute Gasteiger partial charge is 0.315 e. The minimum atomic E-state index is 0.0158. The summed E-state index contributed by atoms with van der Waals surface area (Å²) in [5, 5.41) is 9.18. The van der Waals surface area contributed by atoms with E-state index in [1.54, 1.807) is 0 Å². The Morgan fingerprint density at radius 3 is 2.87 bits per heavy atom. The molecule has 2 aliphatic rings. The SMILES string of the molecule is O=C(NCCCC1CCNC1)NC1CC1. The number of urea groups is 1. The molecule has 0 bridgehead atoms. The molecule has 1 saturated carbocycles. The summed E-state index contributed by atoms with van der Waals surface area (Å²) in [5.41, 5.74) is 0. The van der Waals surface area contributed by atoms with Gasteiger partial charge in [0.1, 0.15) is 0 Å². The number of hydrogen-bond donors (Lipinski definition) is 3. The highest BCUT2D eigenvalue weighted by Crippen LogP contribution is 2.18. The fourth-order valence-corrected chi connectivity index (χ4v) is 2.02. The standard InChI is InChI=1S/C11H21N3O/c15-11(14-10-3-4-10)13-6-1-2-9-5-7-12-8-9/h9-10,12H,1-8H2,(H2,13,14,15). The Kier molecular flexibility index (Phi) is 3.83. The quantitative estimate of drug-likeness (QED) is 0.590. The molecule has 2 amide bonds. The van der Waals surface area contributed by atoms with E-state index in [0.717, 1.165) is 38.3 Å². The molecule has 4 nitrogen and oxygen atoms in total. The van der Waals surface area contributed by atoms with Gasteiger partial charge in [-0.2, -0.15) is 0 Å². The molecule has 0 radical (unpaired) electrons. The van der Waals surface area contributed by atoms with Crippen molar-refractivity contribution in [3.05, 3.63) is 0 Å². The van der Waals surface area contributed by atoms with Crippen molar-refractivity contribution in [2.75, 3.05) is 19.6 Å². The first kappa shape index (κ1) is 10.7. The van der Waals surface area contributed by atoms with E-state index in [2.05, 4.69) is 16.0 Å². The Labute approximate surface area is 91.2 Å². The van der Waals surface area contributed by atoms with Crippen molar-refractivity contribution in [2.24, 2.45) is 5.92 Å². The number of hydrogen-bond acceptors (Lipinski definition) is 2. The second-order valence-corrected chi connectivity index (χ2v) is 4.68. The number of nitrogens with one attached hydrogen (secondary N) is 3. The fourth-order valence-electron chi connectivity index (χ4n) is 2.02. The van der Waals surface area contributed by atoms with Gasteiger partial charge in [0.25, 0.3) is 0 Å². The molecule has 1 heterocycles. The average molecular weight is 211 g/mol. The topological polar surface area (TPSA) is 53.2 Å². The van der Waals surface area contributed by atoms with Crippen molar-refractivity contribution < 1.29 is 4.79 Å². The van der Waals surface area contributed by atoms with Crippen molar-refractivity contribution in [1.82, 2.24) is 16.0 Å². The van der Waals surface area contributed by atoms with Gasteiger partial charge in [0.15, 0.2) is 0 Å². The van der Waals surface area contributed by atoms with Gasteiger partial charge >= 0.3 is 6.03 Å². The minimum absolute atomic E-state index is 0.0158. The van der Waals surface area contributed by atoms with Crippen molar-refractivity contribution in [2.45, 2.75) is 38.1 Å². The normalized spacial score (nSPS) is 25.2. The van der Waals surface area contributed by atoms with Crippen LogP contribution in [0.3, 0.4) is 0 Å². The molecule has 0 aromatic carbocycles. The third-order valence-electron chi connectivity index (χ3n) is 3.15. The minimum Gasteiger partial charge on any atom is -0.338 e. The molecule has 0 aromatic heterocycles. The average Bonchev–Trinajstić information content (AvgIpc) is 2.87. The molecule has 86 valence electrons. The van der Waals surface area contributed by atoms with Gasteiger partial charge in [-0.1, -0.05) is 0 Å². The first-order valence-electron chi connectivity index (χ1n) is 6.09. The van der Waals surface area contributed by atoms with Gasteiger partial charge in [-0.3, -0.25) is 0 Å². The molecule has 2 fully saturated rings. The number of carbonyl (C=O) groups excluding carboxylic acids is 1. The third kappa shape index (κ3) is 4.08. The van der Waals surface area contributed by atoms with E-state index in [1.165, 1.54) is 19.4 Å². The Balaban J connectivity index is 1.44. The molecular weight excluding hydrogens is 190 g/mol. The Morgan fingerprint density at radius 1 is 1.33 bits per heavy atom. The van der Waals surface area contributed by atoms with Gasteiger partial charge in [0.2, 0.25) is 0 Å². The van der Waals surface area contributed by atoms with Crippen molar-refractivity contribution >= 4 is 6.03 Å². The highest BCUT2D eigenvalue weighted by Gasteiger charge is 2.22. The van der Waals surface area contributed by atoms with Gasteiger partial charge < -0.3 is 16.0 Å². The summed E-state index contributed by atoms with van der Waals surface area (Å²) in [7, 11) is 0. The first-order valence-corrected chi connectivity index (χ1v) is 6.09. The van der Waals surface area contributed by atoms with Gasteiger partial charge in [0.05, 0.1) is 0 Å². The zero-order valence-corrected chi connectivity index (χ0v) is 9.22. The van der Waals surface area contributed by atoms with Crippen LogP contribution >= 0.6 is 0 Å². The van der Waals surface area contributed by atoms with Crippen LogP contribution in [0.2, 0.25) is 0 Å². The van der Waals surface area contributed by atoms with Gasteiger partial charge in [-0.25, -0.2) is 4.79 Å². The van der Waals surface area contributed by atoms with Crippen molar-refractivity contribution in [3.63, 3.8) is 0 Å². The van der Waals surface area contributed by atoms with Crippen LogP contribution in [0.25, 0.3) is 0 Å². The second kappa shape index (κ2) is 5.35. The summed E-state index contributed by atoms with van der Waals surface area (Å²) in [6, 6.07) is 0.478. The lowest BCUT2D eigenvalue weighted by atomic mass is 10.0. The Hall–Kier alpha value is -0.770. The van der Waals surface area contributed by atoms with Crippen LogP contribution in [0.5, 0.6) is 0 Å². The van der Waals surface area contributed by atoms with E-state index in [-0.39, 0.29) is 6.03 Å². The third-order valence-corrected chi connectivity index (χ3v) is 3.15. The van der Waals surface area contributed by atoms with Crippen LogP contribution in [0, 0.1) is 5.92 Å². The molecule has 1 aliphatic heterocycles. The zero-order chi connectivity index (χ0) is 10.5. The molecule has 0 aromatic rings. The molecule has 1 saturated heterocycles. The molecule has 1 aliphatic carbocycles. The highest BCUT2D eigenvalue weighted by atomic mass is 16.2. The van der Waals surface area contributed by atoms with Crippen LogP contribution in [-0.2, 0) is 0 Å². The van der Waals surface area contributed by atoms with Gasteiger partial charge in [-0.05, 0) is 51.1 Å². The molecule has 0 spiro atoms. The monoisotopic (exact) mass is 211 g/mol. The van der Waals surface area contributed by atoms with Crippen molar-refractivity contribution in [1.29, 1.82) is 0 Å². The maximum atomic E-state index is 11.3. The molecule has 2 rings (SSSR count). The van der Waals surface area contributed by atoms with E-state index < -0.39 is 0 Å². The number of carbonyl (C=O) groups is 1. The van der Waals surface area contributed by atoms with Crippen LogP contribution in [0.15, 0.2) is 0 Å². The molecule has 1 atom stereocenters. The van der Waals surface area contributed by atoms with Gasteiger partial charge in [0, 0.05) is 12.6 Å². The molecular formula is C11H21N3O. The molecule has 1 unspecified atom stereocenters. The molecule has 3 N–H and O–H groups in total. The predicted octanol–water partition coefficient (Wildman–Crippen LogP) is 0.838. The maximum absolute atomic E-state index is 11.3. The Morgan fingerprint density at radius 2 is 2.20 bits per heavy atom. The van der Waals surface area contributed by atoms with Gasteiger partial charge in [-0.15, -0.1) is 0 Å². The summed E-state index contributed by atoms with van der Waals surface area (Å²) in [6.07, 6.45) is 5.94. The summed E-state index contributed by atoms with van der Waals surface area (Å²) in [4.78, 5) is 11.3. The maximum Gasteiger partial charge on any atom is 0.315 e. The number of rotatable bonds is 5. The summed E-state index contributed by atoms with van der Waals surface area (Å²) in [5.74, 6) is 0.832. The largest absolute Gasteiger partial charge is 0.338 e. The highest BCUT2D eigenvalue weighted by molar-refractivity contribution is 5.74.